The minimum absolute atomic E-state index is 0.0740. The van der Waals surface area contributed by atoms with Crippen molar-refractivity contribution in [3.05, 3.63) is 85.1 Å². The Balaban J connectivity index is 4.12. The molecule has 0 bridgehead atoms. The van der Waals surface area contributed by atoms with Crippen molar-refractivity contribution in [1.29, 1.82) is 0 Å². The maximum absolute atomic E-state index is 12.9. The normalized spacial score (nSPS) is 12.6. The van der Waals surface area contributed by atoms with Gasteiger partial charge >= 0.3 is 17.9 Å². The van der Waals surface area contributed by atoms with Gasteiger partial charge in [0, 0.05) is 19.3 Å². The van der Waals surface area contributed by atoms with Crippen LogP contribution in [-0.2, 0) is 28.6 Å². The fraction of sp³-hybridized carbons (Fsp3) is 0.757. The van der Waals surface area contributed by atoms with Crippen LogP contribution in [0.2, 0.25) is 0 Å². The van der Waals surface area contributed by atoms with Crippen molar-refractivity contribution in [3.8, 4) is 0 Å². The second-order valence-corrected chi connectivity index (χ2v) is 21.7. The van der Waals surface area contributed by atoms with Gasteiger partial charge in [-0.2, -0.15) is 0 Å². The molecule has 6 nitrogen and oxygen atoms in total. The van der Waals surface area contributed by atoms with Gasteiger partial charge in [0.05, 0.1) is 0 Å². The SMILES string of the molecule is CC/C=C\C/C=C\C/C=C\C/C=C\C/C=C\C/C=C\C/C=C\CCCCCCCCCCCC(=O)OCC(COC(=O)CCCCCCCCC)OC(=O)CCCCCCCCCCCCCCCCCCCCCC. The lowest BCUT2D eigenvalue weighted by atomic mass is 10.0. The molecule has 6 heteroatoms. The summed E-state index contributed by atoms with van der Waals surface area (Å²) in [6.45, 7) is 6.52. The van der Waals surface area contributed by atoms with Gasteiger partial charge in [0.1, 0.15) is 13.2 Å². The fourth-order valence-corrected chi connectivity index (χ4v) is 9.31. The Kier molecular flexibility index (Phi) is 61.2. The first kappa shape index (κ1) is 72.6. The number of hydrogen-bond donors (Lipinski definition) is 0. The van der Waals surface area contributed by atoms with Gasteiger partial charge in [-0.15, -0.1) is 0 Å². The van der Waals surface area contributed by atoms with E-state index in [-0.39, 0.29) is 31.1 Å². The molecule has 0 saturated heterocycles. The highest BCUT2D eigenvalue weighted by atomic mass is 16.6. The van der Waals surface area contributed by atoms with E-state index in [2.05, 4.69) is 106 Å². The van der Waals surface area contributed by atoms with Gasteiger partial charge in [-0.3, -0.25) is 14.4 Å². The zero-order valence-electron chi connectivity index (χ0n) is 50.3. The van der Waals surface area contributed by atoms with Crippen molar-refractivity contribution in [2.45, 2.75) is 329 Å². The molecule has 0 radical (unpaired) electrons. The van der Waals surface area contributed by atoms with Crippen molar-refractivity contribution >= 4 is 17.9 Å². The van der Waals surface area contributed by atoms with E-state index in [1.165, 1.54) is 173 Å². The topological polar surface area (TPSA) is 78.9 Å². The largest absolute Gasteiger partial charge is 0.462 e. The maximum atomic E-state index is 12.9. The Bertz CT molecular complexity index is 1450. The summed E-state index contributed by atoms with van der Waals surface area (Å²) in [5, 5.41) is 0. The van der Waals surface area contributed by atoms with Crippen LogP contribution in [0.3, 0.4) is 0 Å². The van der Waals surface area contributed by atoms with Crippen LogP contribution in [0.4, 0.5) is 0 Å². The van der Waals surface area contributed by atoms with Gasteiger partial charge in [0.25, 0.3) is 0 Å². The second kappa shape index (κ2) is 64.1. The molecule has 0 heterocycles. The Labute approximate surface area is 471 Å². The van der Waals surface area contributed by atoms with Crippen LogP contribution in [0.5, 0.6) is 0 Å². The summed E-state index contributed by atoms with van der Waals surface area (Å²) >= 11 is 0. The molecule has 0 spiro atoms. The number of hydrogen-bond acceptors (Lipinski definition) is 6. The molecule has 0 N–H and O–H groups in total. The van der Waals surface area contributed by atoms with E-state index >= 15 is 0 Å². The summed E-state index contributed by atoms with van der Waals surface area (Å²) in [5.41, 5.74) is 0. The number of rotatable bonds is 59. The molecular formula is C70H122O6. The standard InChI is InChI=1S/C70H122O6/c1-4-7-10-13-16-18-20-22-24-26-28-30-31-32-33-34-35-36-37-38-39-40-42-43-45-47-49-51-54-57-60-63-69(72)75-66-67(65-74-68(71)62-59-56-53-15-12-9-6-3)76-70(73)64-61-58-55-52-50-48-46-44-41-29-27-25-23-21-19-17-14-11-8-5-2/h7,10,16,18,22,24,28,30,32-33,35-36,38-39,67H,4-6,8-9,11-15,17,19-21,23,25-27,29,31,34,37,40-66H2,1-3H3/b10-7-,18-16-,24-22-,30-28-,33-32-,36-35-,39-38-. The maximum Gasteiger partial charge on any atom is 0.306 e. The summed E-state index contributed by atoms with van der Waals surface area (Å²) in [6.07, 6.45) is 84.8. The summed E-state index contributed by atoms with van der Waals surface area (Å²) in [6, 6.07) is 0. The molecule has 1 unspecified atom stereocenters. The van der Waals surface area contributed by atoms with E-state index in [4.69, 9.17) is 14.2 Å². The van der Waals surface area contributed by atoms with Crippen LogP contribution >= 0.6 is 0 Å². The third-order valence-corrected chi connectivity index (χ3v) is 14.2. The Hall–Kier alpha value is -3.41. The van der Waals surface area contributed by atoms with Gasteiger partial charge in [-0.25, -0.2) is 0 Å². The van der Waals surface area contributed by atoms with E-state index < -0.39 is 6.10 Å². The van der Waals surface area contributed by atoms with E-state index in [1.54, 1.807) is 0 Å². The van der Waals surface area contributed by atoms with Crippen molar-refractivity contribution in [2.24, 2.45) is 0 Å². The van der Waals surface area contributed by atoms with Gasteiger partial charge in [-0.1, -0.05) is 311 Å². The second-order valence-electron chi connectivity index (χ2n) is 21.7. The Morgan fingerprint density at radius 3 is 0.803 bits per heavy atom. The van der Waals surface area contributed by atoms with E-state index in [1.807, 2.05) is 0 Å². The average Bonchev–Trinajstić information content (AvgIpc) is 3.42. The molecule has 0 rings (SSSR count). The van der Waals surface area contributed by atoms with Gasteiger partial charge in [0.2, 0.25) is 0 Å². The van der Waals surface area contributed by atoms with Crippen LogP contribution < -0.4 is 0 Å². The average molecular weight is 1060 g/mol. The first-order chi connectivity index (χ1) is 37.5. The van der Waals surface area contributed by atoms with Crippen LogP contribution in [0.15, 0.2) is 85.1 Å². The zero-order valence-corrected chi connectivity index (χ0v) is 50.3. The van der Waals surface area contributed by atoms with Crippen LogP contribution in [0.25, 0.3) is 0 Å². The van der Waals surface area contributed by atoms with Gasteiger partial charge in [0.15, 0.2) is 6.10 Å². The molecule has 0 fully saturated rings. The molecule has 0 aliphatic heterocycles. The molecule has 1 atom stereocenters. The smallest absolute Gasteiger partial charge is 0.306 e. The molecule has 0 aromatic heterocycles. The van der Waals surface area contributed by atoms with Crippen LogP contribution in [0.1, 0.15) is 323 Å². The van der Waals surface area contributed by atoms with E-state index in [0.29, 0.717) is 19.3 Å². The highest BCUT2D eigenvalue weighted by molar-refractivity contribution is 5.71. The summed E-state index contributed by atoms with van der Waals surface area (Å²) in [4.78, 5) is 38.1. The van der Waals surface area contributed by atoms with E-state index in [0.717, 1.165) is 109 Å². The highest BCUT2D eigenvalue weighted by Gasteiger charge is 2.19. The Morgan fingerprint density at radius 1 is 0.276 bits per heavy atom. The van der Waals surface area contributed by atoms with Gasteiger partial charge in [-0.05, 0) is 77.0 Å². The number of ether oxygens (including phenoxy) is 3. The number of carbonyl (C=O) groups is 3. The Morgan fingerprint density at radius 2 is 0.513 bits per heavy atom. The van der Waals surface area contributed by atoms with Crippen molar-refractivity contribution in [1.82, 2.24) is 0 Å². The minimum Gasteiger partial charge on any atom is -0.462 e. The monoisotopic (exact) mass is 1060 g/mol. The third kappa shape index (κ3) is 61.4. The van der Waals surface area contributed by atoms with Crippen molar-refractivity contribution in [2.75, 3.05) is 13.2 Å². The minimum atomic E-state index is -0.774. The predicted molar refractivity (Wildman–Crippen MR) is 330 cm³/mol. The highest BCUT2D eigenvalue weighted by Crippen LogP contribution is 2.17. The molecule has 0 aliphatic carbocycles. The lowest BCUT2D eigenvalue weighted by Crippen LogP contribution is -2.30. The molecule has 0 aliphatic rings. The third-order valence-electron chi connectivity index (χ3n) is 14.2. The molecule has 76 heavy (non-hydrogen) atoms. The number of carbonyl (C=O) groups excluding carboxylic acids is 3. The molecular weight excluding hydrogens is 937 g/mol. The van der Waals surface area contributed by atoms with E-state index in [9.17, 15) is 14.4 Å². The summed E-state index contributed by atoms with van der Waals surface area (Å²) < 4.78 is 16.8. The lowest BCUT2D eigenvalue weighted by molar-refractivity contribution is -0.167. The summed E-state index contributed by atoms with van der Waals surface area (Å²) in [7, 11) is 0. The quantitative estimate of drug-likeness (QED) is 0.0261. The first-order valence-corrected chi connectivity index (χ1v) is 32.6. The van der Waals surface area contributed by atoms with Gasteiger partial charge < -0.3 is 14.2 Å². The predicted octanol–water partition coefficient (Wildman–Crippen LogP) is 22.3. The van der Waals surface area contributed by atoms with Crippen molar-refractivity contribution in [3.63, 3.8) is 0 Å². The molecule has 0 amide bonds. The van der Waals surface area contributed by atoms with Crippen LogP contribution in [-0.4, -0.2) is 37.2 Å². The lowest BCUT2D eigenvalue weighted by Gasteiger charge is -2.18. The molecule has 438 valence electrons. The molecule has 0 aromatic rings. The first-order valence-electron chi connectivity index (χ1n) is 32.6. The number of unbranched alkanes of at least 4 members (excludes halogenated alkanes) is 34. The fourth-order valence-electron chi connectivity index (χ4n) is 9.31. The van der Waals surface area contributed by atoms with Crippen LogP contribution in [0, 0.1) is 0 Å². The number of allylic oxidation sites excluding steroid dienone is 14. The molecule has 0 saturated carbocycles. The number of esters is 3. The summed E-state index contributed by atoms with van der Waals surface area (Å²) in [5.74, 6) is -0.873. The molecule has 0 aromatic carbocycles. The zero-order chi connectivity index (χ0) is 55.0. The van der Waals surface area contributed by atoms with Crippen molar-refractivity contribution < 1.29 is 28.6 Å².